The summed E-state index contributed by atoms with van der Waals surface area (Å²) in [4.78, 5) is 11.5. The minimum absolute atomic E-state index is 0. The number of amides is 1. The Morgan fingerprint density at radius 1 is 1.62 bits per heavy atom. The molecule has 16 heavy (non-hydrogen) atoms. The molecule has 1 fully saturated rings. The highest BCUT2D eigenvalue weighted by Gasteiger charge is 2.17. The zero-order valence-corrected chi connectivity index (χ0v) is 9.89. The molecule has 2 rings (SSSR count). The Bertz CT molecular complexity index is 308. The Kier molecular flexibility index (Phi) is 5.35. The second-order valence-corrected chi connectivity index (χ2v) is 3.85. The monoisotopic (exact) mass is 244 g/mol. The molecule has 0 aliphatic carbocycles. The van der Waals surface area contributed by atoms with Crippen LogP contribution in [0.15, 0.2) is 22.8 Å². The fraction of sp³-hybridized carbons (Fsp3) is 0.545. The summed E-state index contributed by atoms with van der Waals surface area (Å²) in [5.41, 5.74) is 0. The number of halogens is 1. The van der Waals surface area contributed by atoms with E-state index in [1.165, 1.54) is 6.42 Å². The highest BCUT2D eigenvalue weighted by molar-refractivity contribution is 5.85. The molecule has 0 bridgehead atoms. The average molecular weight is 245 g/mol. The summed E-state index contributed by atoms with van der Waals surface area (Å²) < 4.78 is 5.12. The summed E-state index contributed by atoms with van der Waals surface area (Å²) >= 11 is 0. The van der Waals surface area contributed by atoms with Crippen molar-refractivity contribution in [1.82, 2.24) is 10.6 Å². The van der Waals surface area contributed by atoms with E-state index in [0.29, 0.717) is 19.0 Å². The Labute approximate surface area is 101 Å². The summed E-state index contributed by atoms with van der Waals surface area (Å²) in [6.07, 6.45) is 4.46. The Hall–Kier alpha value is -1.00. The van der Waals surface area contributed by atoms with Gasteiger partial charge in [-0.2, -0.15) is 0 Å². The van der Waals surface area contributed by atoms with E-state index in [1.807, 2.05) is 12.1 Å². The van der Waals surface area contributed by atoms with Gasteiger partial charge in [-0.25, -0.2) is 0 Å². The molecule has 1 unspecified atom stereocenters. The van der Waals surface area contributed by atoms with Gasteiger partial charge in [-0.05, 0) is 31.5 Å². The lowest BCUT2D eigenvalue weighted by Gasteiger charge is -2.09. The molecule has 0 saturated carbocycles. The van der Waals surface area contributed by atoms with Crippen molar-refractivity contribution in [2.75, 3.05) is 6.54 Å². The SMILES string of the molecule is Cl.O=C(CC1CCCN1)NCc1ccco1. The smallest absolute Gasteiger partial charge is 0.221 e. The van der Waals surface area contributed by atoms with Crippen LogP contribution in [-0.2, 0) is 11.3 Å². The molecule has 0 aromatic carbocycles. The molecular weight excluding hydrogens is 228 g/mol. The van der Waals surface area contributed by atoms with Crippen molar-refractivity contribution in [3.63, 3.8) is 0 Å². The van der Waals surface area contributed by atoms with Gasteiger partial charge in [0.1, 0.15) is 5.76 Å². The van der Waals surface area contributed by atoms with Crippen molar-refractivity contribution in [1.29, 1.82) is 0 Å². The van der Waals surface area contributed by atoms with Gasteiger partial charge in [-0.15, -0.1) is 12.4 Å². The van der Waals surface area contributed by atoms with Crippen molar-refractivity contribution in [3.8, 4) is 0 Å². The molecule has 1 atom stereocenters. The third kappa shape index (κ3) is 3.87. The molecule has 2 N–H and O–H groups in total. The van der Waals surface area contributed by atoms with Gasteiger partial charge in [-0.1, -0.05) is 0 Å². The summed E-state index contributed by atoms with van der Waals surface area (Å²) in [5, 5.41) is 6.14. The lowest BCUT2D eigenvalue weighted by atomic mass is 10.1. The lowest BCUT2D eigenvalue weighted by Crippen LogP contribution is -2.31. The second kappa shape index (κ2) is 6.55. The van der Waals surface area contributed by atoms with Gasteiger partial charge in [0.2, 0.25) is 5.91 Å². The number of carbonyl (C=O) groups excluding carboxylic acids is 1. The predicted octanol–water partition coefficient (Wildman–Crippen LogP) is 1.46. The number of hydrogen-bond donors (Lipinski definition) is 2. The molecule has 1 aromatic heterocycles. The number of furan rings is 1. The van der Waals surface area contributed by atoms with Crippen LogP contribution < -0.4 is 10.6 Å². The maximum absolute atomic E-state index is 11.5. The van der Waals surface area contributed by atoms with Crippen molar-refractivity contribution < 1.29 is 9.21 Å². The van der Waals surface area contributed by atoms with E-state index in [9.17, 15) is 4.79 Å². The predicted molar refractivity (Wildman–Crippen MR) is 63.4 cm³/mol. The molecule has 1 amide bonds. The first kappa shape index (κ1) is 13.1. The molecular formula is C11H17ClN2O2. The molecule has 1 aliphatic rings. The first-order valence-electron chi connectivity index (χ1n) is 5.37. The van der Waals surface area contributed by atoms with Crippen LogP contribution in [0.25, 0.3) is 0 Å². The van der Waals surface area contributed by atoms with E-state index >= 15 is 0 Å². The van der Waals surface area contributed by atoms with Crippen molar-refractivity contribution >= 4 is 18.3 Å². The van der Waals surface area contributed by atoms with Gasteiger partial charge in [-0.3, -0.25) is 4.79 Å². The van der Waals surface area contributed by atoms with Gasteiger partial charge < -0.3 is 15.1 Å². The van der Waals surface area contributed by atoms with Gasteiger partial charge in [0.15, 0.2) is 0 Å². The van der Waals surface area contributed by atoms with E-state index < -0.39 is 0 Å². The fourth-order valence-corrected chi connectivity index (χ4v) is 1.83. The van der Waals surface area contributed by atoms with Crippen LogP contribution in [0.2, 0.25) is 0 Å². The maximum atomic E-state index is 11.5. The first-order valence-corrected chi connectivity index (χ1v) is 5.37. The molecule has 0 spiro atoms. The van der Waals surface area contributed by atoms with Crippen molar-refractivity contribution in [2.45, 2.75) is 31.8 Å². The fourth-order valence-electron chi connectivity index (χ4n) is 1.83. The van der Waals surface area contributed by atoms with Crippen LogP contribution in [0.5, 0.6) is 0 Å². The largest absolute Gasteiger partial charge is 0.467 e. The van der Waals surface area contributed by atoms with Gasteiger partial charge in [0.05, 0.1) is 12.8 Å². The molecule has 0 radical (unpaired) electrons. The molecule has 1 aromatic rings. The maximum Gasteiger partial charge on any atom is 0.221 e. The van der Waals surface area contributed by atoms with Crippen molar-refractivity contribution in [3.05, 3.63) is 24.2 Å². The number of hydrogen-bond acceptors (Lipinski definition) is 3. The van der Waals surface area contributed by atoms with Crippen LogP contribution in [0.1, 0.15) is 25.0 Å². The van der Waals surface area contributed by atoms with Crippen LogP contribution in [0, 0.1) is 0 Å². The van der Waals surface area contributed by atoms with Gasteiger partial charge in [0, 0.05) is 12.5 Å². The quantitative estimate of drug-likeness (QED) is 0.843. The topological polar surface area (TPSA) is 54.3 Å². The summed E-state index contributed by atoms with van der Waals surface area (Å²) in [5.74, 6) is 0.883. The van der Waals surface area contributed by atoms with Gasteiger partial charge in [0.25, 0.3) is 0 Å². The molecule has 4 nitrogen and oxygen atoms in total. The van der Waals surface area contributed by atoms with E-state index in [1.54, 1.807) is 6.26 Å². The second-order valence-electron chi connectivity index (χ2n) is 3.85. The average Bonchev–Trinajstić information content (AvgIpc) is 2.86. The Balaban J connectivity index is 0.00000128. The highest BCUT2D eigenvalue weighted by atomic mass is 35.5. The van der Waals surface area contributed by atoms with E-state index in [-0.39, 0.29) is 18.3 Å². The third-order valence-electron chi connectivity index (χ3n) is 2.63. The highest BCUT2D eigenvalue weighted by Crippen LogP contribution is 2.08. The minimum Gasteiger partial charge on any atom is -0.467 e. The lowest BCUT2D eigenvalue weighted by molar-refractivity contribution is -0.121. The van der Waals surface area contributed by atoms with Crippen LogP contribution in [0.4, 0.5) is 0 Å². The summed E-state index contributed by atoms with van der Waals surface area (Å²) in [7, 11) is 0. The van der Waals surface area contributed by atoms with E-state index in [4.69, 9.17) is 4.42 Å². The first-order chi connectivity index (χ1) is 7.34. The third-order valence-corrected chi connectivity index (χ3v) is 2.63. The molecule has 90 valence electrons. The van der Waals surface area contributed by atoms with Crippen LogP contribution in [-0.4, -0.2) is 18.5 Å². The molecule has 1 saturated heterocycles. The van der Waals surface area contributed by atoms with E-state index in [0.717, 1.165) is 18.7 Å². The van der Waals surface area contributed by atoms with Crippen LogP contribution >= 0.6 is 12.4 Å². The Morgan fingerprint density at radius 3 is 3.12 bits per heavy atom. The normalized spacial score (nSPS) is 19.1. The zero-order chi connectivity index (χ0) is 10.5. The summed E-state index contributed by atoms with van der Waals surface area (Å²) in [6, 6.07) is 4.04. The molecule has 5 heteroatoms. The van der Waals surface area contributed by atoms with Gasteiger partial charge >= 0.3 is 0 Å². The molecule has 2 heterocycles. The van der Waals surface area contributed by atoms with Crippen LogP contribution in [0.3, 0.4) is 0 Å². The van der Waals surface area contributed by atoms with Crippen molar-refractivity contribution in [2.24, 2.45) is 0 Å². The standard InChI is InChI=1S/C11H16N2O2.ClH/c14-11(7-9-3-1-5-12-9)13-8-10-4-2-6-15-10;/h2,4,6,9,12H,1,3,5,7-8H2,(H,13,14);1H. The number of rotatable bonds is 4. The molecule has 1 aliphatic heterocycles. The number of nitrogens with one attached hydrogen (secondary N) is 2. The Morgan fingerprint density at radius 2 is 2.50 bits per heavy atom. The number of carbonyl (C=O) groups is 1. The zero-order valence-electron chi connectivity index (χ0n) is 9.07. The summed E-state index contributed by atoms with van der Waals surface area (Å²) in [6.45, 7) is 1.52. The van der Waals surface area contributed by atoms with E-state index in [2.05, 4.69) is 10.6 Å². The minimum atomic E-state index is 0.